The number of pyridine rings is 1. The molecule has 0 spiro atoms. The van der Waals surface area contributed by atoms with Crippen molar-refractivity contribution in [1.82, 2.24) is 4.57 Å². The van der Waals surface area contributed by atoms with E-state index < -0.39 is 0 Å². The van der Waals surface area contributed by atoms with E-state index in [9.17, 15) is 4.79 Å². The molecule has 2 heterocycles. The Labute approximate surface area is 131 Å². The van der Waals surface area contributed by atoms with E-state index in [1.165, 1.54) is 0 Å². The number of hydrogen-bond donors (Lipinski definition) is 0. The lowest BCUT2D eigenvalue weighted by atomic mass is 10.1. The zero-order valence-electron chi connectivity index (χ0n) is 11.8. The van der Waals surface area contributed by atoms with E-state index in [4.69, 9.17) is 21.1 Å². The van der Waals surface area contributed by atoms with Crippen LogP contribution in [-0.2, 0) is 7.05 Å². The first-order chi connectivity index (χ1) is 10.6. The van der Waals surface area contributed by atoms with Crippen molar-refractivity contribution in [3.63, 3.8) is 0 Å². The lowest BCUT2D eigenvalue weighted by Gasteiger charge is -2.13. The van der Waals surface area contributed by atoms with Gasteiger partial charge in [0.05, 0.1) is 11.2 Å². The number of benzene rings is 2. The molecule has 2 aromatic carbocycles. The van der Waals surface area contributed by atoms with Gasteiger partial charge in [-0.05, 0) is 23.8 Å². The van der Waals surface area contributed by atoms with Crippen LogP contribution in [0.3, 0.4) is 0 Å². The third kappa shape index (κ3) is 1.96. The molecule has 0 bridgehead atoms. The third-order valence-electron chi connectivity index (χ3n) is 3.89. The number of ether oxygens (including phenoxy) is 2. The van der Waals surface area contributed by atoms with Gasteiger partial charge in [-0.15, -0.1) is 0 Å². The molecule has 0 radical (unpaired) electrons. The highest BCUT2D eigenvalue weighted by molar-refractivity contribution is 6.30. The summed E-state index contributed by atoms with van der Waals surface area (Å²) in [7, 11) is 1.92. The van der Waals surface area contributed by atoms with Crippen LogP contribution in [0.1, 0.15) is 0 Å². The lowest BCUT2D eigenvalue weighted by Crippen LogP contribution is -2.09. The predicted molar refractivity (Wildman–Crippen MR) is 85.8 cm³/mol. The zero-order chi connectivity index (χ0) is 15.3. The summed E-state index contributed by atoms with van der Waals surface area (Å²) in [6, 6.07) is 12.6. The molecule has 0 atom stereocenters. The van der Waals surface area contributed by atoms with Crippen molar-refractivity contribution in [2.24, 2.45) is 7.05 Å². The Balaban J connectivity index is 2.01. The second-order valence-electron chi connectivity index (χ2n) is 5.18. The summed E-state index contributed by atoms with van der Waals surface area (Å²) in [5.41, 5.74) is 2.52. The standard InChI is InChI=1S/C17H12ClNO3/c1-19-13(10-2-4-11(18)5-3-10)7-15(20)12-6-16-17(8-14(12)19)22-9-21-16/h2-8H,9H2,1H3. The Morgan fingerprint density at radius 2 is 1.73 bits per heavy atom. The van der Waals surface area contributed by atoms with Gasteiger partial charge in [0.2, 0.25) is 6.79 Å². The third-order valence-corrected chi connectivity index (χ3v) is 4.14. The quantitative estimate of drug-likeness (QED) is 0.689. The number of halogens is 1. The molecule has 0 unspecified atom stereocenters. The fourth-order valence-electron chi connectivity index (χ4n) is 2.73. The molecule has 0 saturated carbocycles. The van der Waals surface area contributed by atoms with Crippen LogP contribution in [0.25, 0.3) is 22.2 Å². The summed E-state index contributed by atoms with van der Waals surface area (Å²) in [6.45, 7) is 0.188. The highest BCUT2D eigenvalue weighted by Crippen LogP contribution is 2.36. The molecular weight excluding hydrogens is 302 g/mol. The van der Waals surface area contributed by atoms with Crippen LogP contribution in [0, 0.1) is 0 Å². The Hall–Kier alpha value is -2.46. The molecule has 4 rings (SSSR count). The first-order valence-electron chi connectivity index (χ1n) is 6.83. The van der Waals surface area contributed by atoms with Crippen LogP contribution in [0.4, 0.5) is 0 Å². The van der Waals surface area contributed by atoms with Gasteiger partial charge in [0.15, 0.2) is 16.9 Å². The van der Waals surface area contributed by atoms with Crippen LogP contribution >= 0.6 is 11.6 Å². The minimum Gasteiger partial charge on any atom is -0.454 e. The Bertz CT molecular complexity index is 945. The van der Waals surface area contributed by atoms with E-state index in [0.717, 1.165) is 16.8 Å². The number of fused-ring (bicyclic) bond motifs is 2. The van der Waals surface area contributed by atoms with E-state index in [1.807, 2.05) is 41.9 Å². The van der Waals surface area contributed by atoms with Crippen molar-refractivity contribution in [2.45, 2.75) is 0 Å². The number of nitrogens with zero attached hydrogens (tertiary/aromatic N) is 1. The van der Waals surface area contributed by atoms with Gasteiger partial charge in [0.1, 0.15) is 0 Å². The maximum absolute atomic E-state index is 12.5. The van der Waals surface area contributed by atoms with Crippen LogP contribution < -0.4 is 14.9 Å². The van der Waals surface area contributed by atoms with Crippen molar-refractivity contribution in [3.8, 4) is 22.8 Å². The van der Waals surface area contributed by atoms with Gasteiger partial charge in [0.25, 0.3) is 0 Å². The first-order valence-corrected chi connectivity index (χ1v) is 7.20. The first kappa shape index (κ1) is 13.2. The highest BCUT2D eigenvalue weighted by atomic mass is 35.5. The molecule has 110 valence electrons. The number of hydrogen-bond acceptors (Lipinski definition) is 3. The van der Waals surface area contributed by atoms with Gasteiger partial charge in [-0.2, -0.15) is 0 Å². The van der Waals surface area contributed by atoms with E-state index in [-0.39, 0.29) is 12.2 Å². The molecule has 0 aliphatic carbocycles. The van der Waals surface area contributed by atoms with Crippen LogP contribution in [0.5, 0.6) is 11.5 Å². The molecule has 0 N–H and O–H groups in total. The lowest BCUT2D eigenvalue weighted by molar-refractivity contribution is 0.174. The average molecular weight is 314 g/mol. The molecule has 1 aliphatic rings. The molecule has 0 saturated heterocycles. The summed E-state index contributed by atoms with van der Waals surface area (Å²) in [5, 5.41) is 1.28. The molecule has 0 fully saturated rings. The van der Waals surface area contributed by atoms with Gasteiger partial charge in [0, 0.05) is 29.6 Å². The molecule has 1 aromatic heterocycles. The summed E-state index contributed by atoms with van der Waals surface area (Å²) < 4.78 is 12.7. The summed E-state index contributed by atoms with van der Waals surface area (Å²) >= 11 is 5.93. The molecule has 1 aliphatic heterocycles. The fraction of sp³-hybridized carbons (Fsp3) is 0.118. The van der Waals surface area contributed by atoms with Crippen LogP contribution in [-0.4, -0.2) is 11.4 Å². The predicted octanol–water partition coefficient (Wildman–Crippen LogP) is 3.59. The van der Waals surface area contributed by atoms with Gasteiger partial charge in [-0.25, -0.2) is 0 Å². The molecule has 3 aromatic rings. The fourth-order valence-corrected chi connectivity index (χ4v) is 2.86. The van der Waals surface area contributed by atoms with Gasteiger partial charge >= 0.3 is 0 Å². The van der Waals surface area contributed by atoms with Crippen molar-refractivity contribution in [3.05, 3.63) is 57.7 Å². The Morgan fingerprint density at radius 1 is 1.05 bits per heavy atom. The largest absolute Gasteiger partial charge is 0.454 e. The summed E-state index contributed by atoms with van der Waals surface area (Å²) in [6.07, 6.45) is 0. The second-order valence-corrected chi connectivity index (χ2v) is 5.62. The van der Waals surface area contributed by atoms with Gasteiger partial charge in [-0.3, -0.25) is 4.79 Å². The number of aryl methyl sites for hydroxylation is 1. The highest BCUT2D eigenvalue weighted by Gasteiger charge is 2.17. The van der Waals surface area contributed by atoms with E-state index in [1.54, 1.807) is 12.1 Å². The van der Waals surface area contributed by atoms with Crippen molar-refractivity contribution < 1.29 is 9.47 Å². The summed E-state index contributed by atoms with van der Waals surface area (Å²) in [5.74, 6) is 1.28. The van der Waals surface area contributed by atoms with Gasteiger partial charge < -0.3 is 14.0 Å². The normalized spacial score (nSPS) is 12.8. The minimum absolute atomic E-state index is 0.0450. The van der Waals surface area contributed by atoms with E-state index >= 15 is 0 Å². The molecule has 5 heteroatoms. The SMILES string of the molecule is Cn1c(-c2ccc(Cl)cc2)cc(=O)c2cc3c(cc21)OCO3. The maximum atomic E-state index is 12.5. The monoisotopic (exact) mass is 313 g/mol. The zero-order valence-corrected chi connectivity index (χ0v) is 12.6. The van der Waals surface area contributed by atoms with Gasteiger partial charge in [-0.1, -0.05) is 23.7 Å². The maximum Gasteiger partial charge on any atom is 0.231 e. The topological polar surface area (TPSA) is 40.5 Å². The number of aromatic nitrogens is 1. The Kier molecular flexibility index (Phi) is 2.87. The van der Waals surface area contributed by atoms with E-state index in [2.05, 4.69) is 0 Å². The molecular formula is C17H12ClNO3. The molecule has 22 heavy (non-hydrogen) atoms. The minimum atomic E-state index is -0.0450. The second kappa shape index (κ2) is 4.78. The van der Waals surface area contributed by atoms with Crippen molar-refractivity contribution >= 4 is 22.5 Å². The number of rotatable bonds is 1. The van der Waals surface area contributed by atoms with Crippen LogP contribution in [0.2, 0.25) is 5.02 Å². The van der Waals surface area contributed by atoms with Crippen molar-refractivity contribution in [1.29, 1.82) is 0 Å². The van der Waals surface area contributed by atoms with Crippen molar-refractivity contribution in [2.75, 3.05) is 6.79 Å². The van der Waals surface area contributed by atoms with E-state index in [0.29, 0.717) is 21.9 Å². The smallest absolute Gasteiger partial charge is 0.231 e. The van der Waals surface area contributed by atoms with Crippen LogP contribution in [0.15, 0.2) is 47.3 Å². The molecule has 0 amide bonds. The summed E-state index contributed by atoms with van der Waals surface area (Å²) in [4.78, 5) is 12.5. The molecule has 4 nitrogen and oxygen atoms in total. The Morgan fingerprint density at radius 3 is 2.45 bits per heavy atom. The average Bonchev–Trinajstić information content (AvgIpc) is 2.98.